The number of anilines is 1. The van der Waals surface area contributed by atoms with Gasteiger partial charge in [0.1, 0.15) is 5.75 Å². The second-order valence-electron chi connectivity index (χ2n) is 9.76. The van der Waals surface area contributed by atoms with E-state index in [0.717, 1.165) is 16.7 Å². The molecule has 1 amide bonds. The maximum Gasteiger partial charge on any atom is 0.276 e. The van der Waals surface area contributed by atoms with Crippen LogP contribution in [0.15, 0.2) is 72.8 Å². The van der Waals surface area contributed by atoms with E-state index >= 15 is 0 Å². The molecule has 1 fully saturated rings. The lowest BCUT2D eigenvalue weighted by Gasteiger charge is -2.38. The lowest BCUT2D eigenvalue weighted by atomic mass is 9.99. The van der Waals surface area contributed by atoms with Crippen molar-refractivity contribution in [1.29, 1.82) is 0 Å². The van der Waals surface area contributed by atoms with Crippen molar-refractivity contribution in [3.8, 4) is 5.75 Å². The fourth-order valence-electron chi connectivity index (χ4n) is 4.51. The van der Waals surface area contributed by atoms with Gasteiger partial charge in [0.2, 0.25) is 0 Å². The summed E-state index contributed by atoms with van der Waals surface area (Å²) in [5.74, 6) is -0.666. The molecule has 0 bridgehead atoms. The van der Waals surface area contributed by atoms with Crippen LogP contribution in [0.3, 0.4) is 0 Å². The molecule has 40 heavy (non-hydrogen) atoms. The van der Waals surface area contributed by atoms with Crippen LogP contribution in [-0.2, 0) is 20.9 Å². The van der Waals surface area contributed by atoms with Gasteiger partial charge in [-0.3, -0.25) is 4.79 Å². The Bertz CT molecular complexity index is 1270. The van der Waals surface area contributed by atoms with E-state index in [9.17, 15) is 20.1 Å². The average Bonchev–Trinajstić information content (AvgIpc) is 2.92. The lowest BCUT2D eigenvalue weighted by Crippen LogP contribution is -2.39. The monoisotopic (exact) mass is 608 g/mol. The van der Waals surface area contributed by atoms with Crippen LogP contribution in [0.1, 0.15) is 47.2 Å². The maximum absolute atomic E-state index is 12.0. The molecule has 214 valence electrons. The summed E-state index contributed by atoms with van der Waals surface area (Å²) >= 11 is 16.9. The quantitative estimate of drug-likeness (QED) is 0.240. The van der Waals surface area contributed by atoms with Crippen LogP contribution < -0.4 is 5.32 Å². The first-order valence-corrected chi connectivity index (χ1v) is 13.8. The Labute approximate surface area is 248 Å². The number of hydrogen-bond acceptors (Lipinski definition) is 7. The number of amides is 1. The highest BCUT2D eigenvalue weighted by Crippen LogP contribution is 2.38. The number of carbonyl (C=O) groups is 1. The van der Waals surface area contributed by atoms with Gasteiger partial charge in [-0.1, -0.05) is 83.3 Å². The molecule has 3 aromatic rings. The van der Waals surface area contributed by atoms with Gasteiger partial charge in [0, 0.05) is 30.8 Å². The van der Waals surface area contributed by atoms with Crippen molar-refractivity contribution >= 4 is 46.4 Å². The summed E-state index contributed by atoms with van der Waals surface area (Å²) in [7, 11) is 1.90. The molecule has 4 N–H and O–H groups in total. The van der Waals surface area contributed by atoms with Gasteiger partial charge in [-0.2, -0.15) is 0 Å². The largest absolute Gasteiger partial charge is 0.508 e. The summed E-state index contributed by atoms with van der Waals surface area (Å²) in [4.78, 5) is 14.0. The molecule has 0 saturated carbocycles. The normalized spacial score (nSPS) is 20.3. The Hall–Kier alpha value is -2.40. The van der Waals surface area contributed by atoms with E-state index in [1.807, 2.05) is 36.2 Å². The first kappa shape index (κ1) is 30.6. The number of aliphatic hydroxyl groups is 2. The third-order valence-electron chi connectivity index (χ3n) is 6.57. The number of likely N-dealkylation sites (N-methyl/N-ethyl adjacent to an activating group) is 1. The average molecular weight is 610 g/mol. The number of ether oxygens (including phenoxy) is 2. The van der Waals surface area contributed by atoms with Crippen molar-refractivity contribution < 1.29 is 29.6 Å². The SMILES string of the molecule is CN(C[C@@H]1C[C@H](c2ccc(CO)cc2)O[C@H](c2ccc(NC(=O)C(Cl)(Cl)Cl)cc2)O1)C[C@@H](O)c1cccc(O)c1. The molecule has 3 aromatic carbocycles. The van der Waals surface area contributed by atoms with E-state index in [1.165, 1.54) is 0 Å². The number of benzene rings is 3. The van der Waals surface area contributed by atoms with Gasteiger partial charge < -0.3 is 35.0 Å². The van der Waals surface area contributed by atoms with E-state index in [-0.39, 0.29) is 24.6 Å². The highest BCUT2D eigenvalue weighted by Gasteiger charge is 2.34. The number of aromatic hydroxyl groups is 1. The number of nitrogens with one attached hydrogen (secondary N) is 1. The summed E-state index contributed by atoms with van der Waals surface area (Å²) < 4.78 is 10.6. The Morgan fingerprint density at radius 3 is 2.35 bits per heavy atom. The number of phenolic OH excluding ortho intramolecular Hbond substituents is 1. The molecule has 1 aliphatic rings. The molecular formula is C29H31Cl3N2O6. The van der Waals surface area contributed by atoms with Gasteiger partial charge in [0.25, 0.3) is 9.70 Å². The smallest absolute Gasteiger partial charge is 0.276 e. The standard InChI is InChI=1S/C29H31Cl3N2O6/c1-34(16-25(37)21-3-2-4-23(36)13-21)15-24-14-26(19-7-5-18(17-35)6-8-19)40-27(39-24)20-9-11-22(12-10-20)33-28(38)29(30,31)32/h2-13,24-27,35-37H,14-17H2,1H3,(H,33,38)/t24-,25+,26+,27+/m0/s1. The van der Waals surface area contributed by atoms with Crippen molar-refractivity contribution in [1.82, 2.24) is 4.90 Å². The van der Waals surface area contributed by atoms with E-state index in [1.54, 1.807) is 48.5 Å². The maximum atomic E-state index is 12.0. The first-order valence-electron chi connectivity index (χ1n) is 12.7. The molecule has 0 spiro atoms. The molecule has 1 saturated heterocycles. The van der Waals surface area contributed by atoms with E-state index in [0.29, 0.717) is 30.8 Å². The zero-order valence-corrected chi connectivity index (χ0v) is 24.0. The summed E-state index contributed by atoms with van der Waals surface area (Å²) in [5, 5.41) is 32.4. The zero-order chi connectivity index (χ0) is 28.9. The van der Waals surface area contributed by atoms with E-state index in [2.05, 4.69) is 5.32 Å². The van der Waals surface area contributed by atoms with Crippen LogP contribution in [-0.4, -0.2) is 56.2 Å². The predicted molar refractivity (Wildman–Crippen MR) is 154 cm³/mol. The van der Waals surface area contributed by atoms with Gasteiger partial charge in [0.05, 0.1) is 24.9 Å². The second-order valence-corrected chi connectivity index (χ2v) is 12.0. The van der Waals surface area contributed by atoms with Gasteiger partial charge in [-0.05, 0) is 48.0 Å². The minimum Gasteiger partial charge on any atom is -0.508 e. The fourth-order valence-corrected chi connectivity index (χ4v) is 4.66. The summed E-state index contributed by atoms with van der Waals surface area (Å²) in [5.41, 5.74) is 3.56. The highest BCUT2D eigenvalue weighted by atomic mass is 35.6. The Balaban J connectivity index is 1.49. The number of alkyl halides is 3. The van der Waals surface area contributed by atoms with Crippen LogP contribution in [0.2, 0.25) is 0 Å². The van der Waals surface area contributed by atoms with Crippen LogP contribution in [0, 0.1) is 0 Å². The number of phenols is 1. The molecule has 4 atom stereocenters. The van der Waals surface area contributed by atoms with Gasteiger partial charge in [-0.15, -0.1) is 0 Å². The summed E-state index contributed by atoms with van der Waals surface area (Å²) in [6, 6.07) is 21.0. The topological polar surface area (TPSA) is 111 Å². The van der Waals surface area contributed by atoms with Crippen molar-refractivity contribution in [3.05, 3.63) is 95.1 Å². The van der Waals surface area contributed by atoms with Gasteiger partial charge in [-0.25, -0.2) is 0 Å². The van der Waals surface area contributed by atoms with Crippen molar-refractivity contribution in [3.63, 3.8) is 0 Å². The first-order chi connectivity index (χ1) is 19.0. The highest BCUT2D eigenvalue weighted by molar-refractivity contribution is 6.76. The zero-order valence-electron chi connectivity index (χ0n) is 21.7. The number of carbonyl (C=O) groups excluding carboxylic acids is 1. The Morgan fingerprint density at radius 1 is 1.05 bits per heavy atom. The number of halogens is 3. The number of rotatable bonds is 9. The molecule has 4 rings (SSSR count). The van der Waals surface area contributed by atoms with Gasteiger partial charge >= 0.3 is 0 Å². The fraction of sp³-hybridized carbons (Fsp3) is 0.345. The number of aliphatic hydroxyl groups excluding tert-OH is 2. The van der Waals surface area contributed by atoms with Crippen LogP contribution in [0.25, 0.3) is 0 Å². The Morgan fingerprint density at radius 2 is 1.73 bits per heavy atom. The van der Waals surface area contributed by atoms with E-state index < -0.39 is 22.1 Å². The molecule has 0 unspecified atom stereocenters. The van der Waals surface area contributed by atoms with Crippen LogP contribution >= 0.6 is 34.8 Å². The van der Waals surface area contributed by atoms with Crippen molar-refractivity contribution in [2.45, 2.75) is 41.4 Å². The molecule has 1 aliphatic heterocycles. The molecular weight excluding hydrogens is 579 g/mol. The molecule has 0 radical (unpaired) electrons. The van der Waals surface area contributed by atoms with Crippen molar-refractivity contribution in [2.24, 2.45) is 0 Å². The second kappa shape index (κ2) is 13.5. The summed E-state index contributed by atoms with van der Waals surface area (Å²) in [6.07, 6.45) is -1.46. The predicted octanol–water partition coefficient (Wildman–Crippen LogP) is 5.40. The van der Waals surface area contributed by atoms with Gasteiger partial charge in [0.15, 0.2) is 6.29 Å². The van der Waals surface area contributed by atoms with Crippen molar-refractivity contribution in [2.75, 3.05) is 25.5 Å². The Kier molecular flexibility index (Phi) is 10.3. The van der Waals surface area contributed by atoms with E-state index in [4.69, 9.17) is 44.3 Å². The molecule has 0 aliphatic carbocycles. The molecule has 0 aromatic heterocycles. The minimum atomic E-state index is -2.08. The lowest BCUT2D eigenvalue weighted by molar-refractivity contribution is -0.252. The summed E-state index contributed by atoms with van der Waals surface area (Å²) in [6.45, 7) is 0.800. The number of hydrogen-bond donors (Lipinski definition) is 4. The minimum absolute atomic E-state index is 0.0480. The number of nitrogens with zero attached hydrogens (tertiary/aromatic N) is 1. The van der Waals surface area contributed by atoms with Crippen LogP contribution in [0.5, 0.6) is 5.75 Å². The molecule has 1 heterocycles. The molecule has 8 nitrogen and oxygen atoms in total. The third kappa shape index (κ3) is 8.31. The third-order valence-corrected chi connectivity index (χ3v) is 7.08. The van der Waals surface area contributed by atoms with Crippen LogP contribution in [0.4, 0.5) is 5.69 Å². The molecule has 11 heteroatoms.